The second kappa shape index (κ2) is 12.2. The molecule has 2 rings (SSSR count). The van der Waals surface area contributed by atoms with Crippen molar-refractivity contribution in [2.45, 2.75) is 0 Å². The van der Waals surface area contributed by atoms with Crippen molar-refractivity contribution in [3.8, 4) is 23.3 Å². The van der Waals surface area contributed by atoms with E-state index in [0.29, 0.717) is 22.9 Å². The molecule has 0 radical (unpaired) electrons. The molecule has 0 atom stereocenters. The number of hydrogen-bond acceptors (Lipinski definition) is 7. The molecule has 0 fully saturated rings. The highest BCUT2D eigenvalue weighted by atomic mass is 35.5. The molecule has 1 amide bonds. The van der Waals surface area contributed by atoms with E-state index in [2.05, 4.69) is 5.32 Å². The highest BCUT2D eigenvalue weighted by Gasteiger charge is 2.13. The minimum atomic E-state index is -0.633. The van der Waals surface area contributed by atoms with Crippen molar-refractivity contribution >= 4 is 29.6 Å². The molecule has 0 aliphatic carbocycles. The van der Waals surface area contributed by atoms with Gasteiger partial charge in [0.15, 0.2) is 18.1 Å². The Hall–Kier alpha value is -3.54. The first-order chi connectivity index (χ1) is 15.0. The summed E-state index contributed by atoms with van der Waals surface area (Å²) in [5.74, 6) is -0.250. The van der Waals surface area contributed by atoms with Crippen LogP contribution in [0.3, 0.4) is 0 Å². The van der Waals surface area contributed by atoms with Crippen molar-refractivity contribution in [3.05, 3.63) is 58.6 Å². The predicted molar refractivity (Wildman–Crippen MR) is 114 cm³/mol. The van der Waals surface area contributed by atoms with Gasteiger partial charge in [0.1, 0.15) is 17.4 Å². The zero-order valence-corrected chi connectivity index (χ0v) is 17.8. The first-order valence-electron chi connectivity index (χ1n) is 9.13. The van der Waals surface area contributed by atoms with Gasteiger partial charge in [0.25, 0.3) is 5.91 Å². The van der Waals surface area contributed by atoms with Crippen LogP contribution in [0.1, 0.15) is 5.56 Å². The molecule has 31 heavy (non-hydrogen) atoms. The molecule has 2 aromatic rings. The van der Waals surface area contributed by atoms with E-state index in [1.807, 2.05) is 6.07 Å². The van der Waals surface area contributed by atoms with Gasteiger partial charge in [-0.3, -0.25) is 4.79 Å². The van der Waals surface area contributed by atoms with Crippen molar-refractivity contribution in [2.24, 2.45) is 0 Å². The van der Waals surface area contributed by atoms with Crippen molar-refractivity contribution in [2.75, 3.05) is 34.0 Å². The van der Waals surface area contributed by atoms with Gasteiger partial charge in [-0.2, -0.15) is 5.26 Å². The van der Waals surface area contributed by atoms with Gasteiger partial charge in [0.2, 0.25) is 0 Å². The van der Waals surface area contributed by atoms with Crippen LogP contribution in [0.4, 0.5) is 0 Å². The minimum absolute atomic E-state index is 0.0840. The van der Waals surface area contributed by atoms with Crippen molar-refractivity contribution in [3.63, 3.8) is 0 Å². The Morgan fingerprint density at radius 1 is 1.13 bits per heavy atom. The average Bonchev–Trinajstić information content (AvgIpc) is 2.78. The van der Waals surface area contributed by atoms with Crippen LogP contribution >= 0.6 is 11.6 Å². The average molecular weight is 445 g/mol. The van der Waals surface area contributed by atoms with E-state index >= 15 is 0 Å². The largest absolute Gasteiger partial charge is 0.493 e. The fourth-order valence-corrected chi connectivity index (χ4v) is 2.49. The molecule has 162 valence electrons. The molecule has 0 saturated heterocycles. The molecule has 0 aliphatic heterocycles. The number of methoxy groups -OCH3 is 2. The third-order valence-electron chi connectivity index (χ3n) is 3.85. The maximum Gasteiger partial charge on any atom is 0.349 e. The Labute approximate surface area is 184 Å². The Kier molecular flexibility index (Phi) is 9.36. The number of nitriles is 1. The lowest BCUT2D eigenvalue weighted by atomic mass is 10.1. The number of carbonyl (C=O) groups excluding carboxylic acids is 2. The lowest BCUT2D eigenvalue weighted by molar-refractivity contribution is -0.136. The lowest BCUT2D eigenvalue weighted by Crippen LogP contribution is -2.27. The highest BCUT2D eigenvalue weighted by Crippen LogP contribution is 2.29. The molecule has 1 N–H and O–H groups in total. The molecule has 0 unspecified atom stereocenters. The molecule has 0 aromatic heterocycles. The van der Waals surface area contributed by atoms with Gasteiger partial charge < -0.3 is 24.3 Å². The molecule has 0 aliphatic rings. The van der Waals surface area contributed by atoms with E-state index < -0.39 is 11.9 Å². The third-order valence-corrected chi connectivity index (χ3v) is 4.10. The van der Waals surface area contributed by atoms with E-state index in [9.17, 15) is 14.9 Å². The van der Waals surface area contributed by atoms with Crippen LogP contribution in [0.2, 0.25) is 5.02 Å². The fraction of sp³-hybridized carbons (Fsp3) is 0.227. The first kappa shape index (κ1) is 23.7. The molecule has 0 heterocycles. The summed E-state index contributed by atoms with van der Waals surface area (Å²) >= 11 is 5.80. The summed E-state index contributed by atoms with van der Waals surface area (Å²) in [7, 11) is 2.92. The number of halogens is 1. The zero-order valence-electron chi connectivity index (χ0n) is 17.0. The summed E-state index contributed by atoms with van der Waals surface area (Å²) in [6, 6.07) is 13.0. The number of carbonyl (C=O) groups is 2. The van der Waals surface area contributed by atoms with Crippen LogP contribution in [0, 0.1) is 11.3 Å². The van der Waals surface area contributed by atoms with Crippen LogP contribution in [-0.2, 0) is 14.3 Å². The number of nitrogens with zero attached hydrogens (tertiary/aromatic N) is 1. The van der Waals surface area contributed by atoms with Gasteiger partial charge in [-0.25, -0.2) is 4.79 Å². The minimum Gasteiger partial charge on any atom is -0.493 e. The monoisotopic (exact) mass is 444 g/mol. The number of nitrogens with one attached hydrogen (secondary N) is 1. The maximum atomic E-state index is 12.1. The normalized spacial score (nSPS) is 10.7. The van der Waals surface area contributed by atoms with Crippen LogP contribution in [0.5, 0.6) is 17.2 Å². The summed E-state index contributed by atoms with van der Waals surface area (Å²) in [6.07, 6.45) is 1.40. The zero-order chi connectivity index (χ0) is 22.6. The fourth-order valence-electron chi connectivity index (χ4n) is 2.36. The van der Waals surface area contributed by atoms with E-state index in [-0.39, 0.29) is 30.2 Å². The molecule has 2 aromatic carbocycles. The Balaban J connectivity index is 2.04. The number of ether oxygens (including phenoxy) is 4. The molecule has 9 heteroatoms. The maximum absolute atomic E-state index is 12.1. The van der Waals surface area contributed by atoms with Gasteiger partial charge in [0.05, 0.1) is 13.7 Å². The van der Waals surface area contributed by atoms with Gasteiger partial charge in [-0.1, -0.05) is 17.7 Å². The van der Waals surface area contributed by atoms with Crippen LogP contribution < -0.4 is 19.5 Å². The Bertz CT molecular complexity index is 982. The summed E-state index contributed by atoms with van der Waals surface area (Å²) in [5, 5.41) is 12.4. The van der Waals surface area contributed by atoms with E-state index in [1.165, 1.54) is 26.4 Å². The second-order valence-electron chi connectivity index (χ2n) is 6.05. The summed E-state index contributed by atoms with van der Waals surface area (Å²) in [6.45, 7) is 0.303. The van der Waals surface area contributed by atoms with Crippen LogP contribution in [0.25, 0.3) is 6.08 Å². The quantitative estimate of drug-likeness (QED) is 0.197. The van der Waals surface area contributed by atoms with Gasteiger partial charge in [-0.15, -0.1) is 0 Å². The summed E-state index contributed by atoms with van der Waals surface area (Å²) in [5.41, 5.74) is 0.437. The molecule has 0 bridgehead atoms. The molecular weight excluding hydrogens is 424 g/mol. The van der Waals surface area contributed by atoms with E-state index in [0.717, 1.165) is 0 Å². The van der Waals surface area contributed by atoms with Crippen molar-refractivity contribution < 1.29 is 28.5 Å². The summed E-state index contributed by atoms with van der Waals surface area (Å²) in [4.78, 5) is 24.1. The van der Waals surface area contributed by atoms with Gasteiger partial charge in [-0.05, 0) is 48.0 Å². The number of rotatable bonds is 10. The van der Waals surface area contributed by atoms with Crippen LogP contribution in [-0.4, -0.2) is 45.9 Å². The van der Waals surface area contributed by atoms with Gasteiger partial charge in [0, 0.05) is 18.7 Å². The molecular formula is C22H21ClN2O6. The first-order valence-corrected chi connectivity index (χ1v) is 9.50. The van der Waals surface area contributed by atoms with Gasteiger partial charge >= 0.3 is 5.97 Å². The Morgan fingerprint density at radius 3 is 2.52 bits per heavy atom. The molecule has 0 saturated carbocycles. The lowest BCUT2D eigenvalue weighted by Gasteiger charge is -2.11. The summed E-state index contributed by atoms with van der Waals surface area (Å²) < 4.78 is 20.8. The van der Waals surface area contributed by atoms with Crippen molar-refractivity contribution in [1.29, 1.82) is 5.26 Å². The standard InChI is InChI=1S/C22H21ClN2O6/c1-28-10-9-25-22(27)16(13-24)11-15-3-8-19(20(12-15)29-2)31-21(26)14-30-18-6-4-17(23)5-7-18/h3-8,11-12H,9-10,14H2,1-2H3,(H,25,27)/b16-11+. The Morgan fingerprint density at radius 2 is 1.87 bits per heavy atom. The molecule has 8 nitrogen and oxygen atoms in total. The van der Waals surface area contributed by atoms with E-state index in [1.54, 1.807) is 36.4 Å². The topological polar surface area (TPSA) is 107 Å². The second-order valence-corrected chi connectivity index (χ2v) is 6.48. The third kappa shape index (κ3) is 7.66. The highest BCUT2D eigenvalue weighted by molar-refractivity contribution is 6.30. The van der Waals surface area contributed by atoms with Crippen molar-refractivity contribution in [1.82, 2.24) is 5.32 Å². The number of esters is 1. The molecule has 0 spiro atoms. The predicted octanol–water partition coefficient (Wildman–Crippen LogP) is 3.00. The van der Waals surface area contributed by atoms with Crippen LogP contribution in [0.15, 0.2) is 48.0 Å². The van der Waals surface area contributed by atoms with E-state index in [4.69, 9.17) is 30.5 Å². The number of benzene rings is 2. The number of amides is 1. The number of hydrogen-bond donors (Lipinski definition) is 1. The SMILES string of the molecule is COCCNC(=O)/C(C#N)=C/c1ccc(OC(=O)COc2ccc(Cl)cc2)c(OC)c1. The smallest absolute Gasteiger partial charge is 0.349 e.